The number of nitrogens with one attached hydrogen (secondary N) is 3. The zero-order valence-electron chi connectivity index (χ0n) is 11.2. The quantitative estimate of drug-likeness (QED) is 0.586. The van der Waals surface area contributed by atoms with Gasteiger partial charge in [-0.25, -0.2) is 4.39 Å². The zero-order valence-corrected chi connectivity index (χ0v) is 11.2. The third-order valence-corrected chi connectivity index (χ3v) is 2.42. The van der Waals surface area contributed by atoms with Crippen LogP contribution in [0.5, 0.6) is 0 Å². The Bertz CT molecular complexity index is 525. The molecule has 20 heavy (non-hydrogen) atoms. The molecule has 5 nitrogen and oxygen atoms in total. The van der Waals surface area contributed by atoms with Crippen molar-refractivity contribution in [2.45, 2.75) is 0 Å². The first-order valence-corrected chi connectivity index (χ1v) is 6.08. The molecule has 0 fully saturated rings. The van der Waals surface area contributed by atoms with Gasteiger partial charge >= 0.3 is 0 Å². The van der Waals surface area contributed by atoms with Gasteiger partial charge < -0.3 is 15.5 Å². The van der Waals surface area contributed by atoms with Crippen LogP contribution in [0.1, 0.15) is 0 Å². The molecule has 0 saturated carbocycles. The molecule has 1 aromatic carbocycles. The van der Waals surface area contributed by atoms with Crippen LogP contribution in [0.25, 0.3) is 0 Å². The Labute approximate surface area is 117 Å². The summed E-state index contributed by atoms with van der Waals surface area (Å²) in [6, 6.07) is 5.63. The molecule has 0 spiro atoms. The van der Waals surface area contributed by atoms with Crippen LogP contribution in [0, 0.1) is 18.2 Å². The van der Waals surface area contributed by atoms with E-state index in [9.17, 15) is 14.0 Å². The summed E-state index contributed by atoms with van der Waals surface area (Å²) in [6.07, 6.45) is 5.02. The summed E-state index contributed by atoms with van der Waals surface area (Å²) in [5, 5.41) is 5.08. The number of anilines is 1. The number of benzene rings is 1. The Hall–Kier alpha value is -2.39. The monoisotopic (exact) mass is 278 g/mol. The third kappa shape index (κ3) is 5.98. The van der Waals surface area contributed by atoms with Crippen LogP contribution in [0.2, 0.25) is 0 Å². The molecule has 1 rings (SSSR count). The minimum atomic E-state index is -0.419. The number of carbonyl (C=O) groups is 2. The van der Waals surface area contributed by atoms with Crippen molar-refractivity contribution in [3.05, 3.63) is 30.1 Å². The predicted molar refractivity (Wildman–Crippen MR) is 73.5 cm³/mol. The van der Waals surface area contributed by atoms with Crippen molar-refractivity contribution >= 4 is 17.5 Å². The van der Waals surface area contributed by atoms with Crippen molar-refractivity contribution < 1.29 is 18.9 Å². The topological polar surface area (TPSA) is 62.6 Å². The summed E-state index contributed by atoms with van der Waals surface area (Å²) in [4.78, 5) is 23.8. The molecule has 0 bridgehead atoms. The van der Waals surface area contributed by atoms with Gasteiger partial charge in [-0.05, 0) is 18.2 Å². The van der Waals surface area contributed by atoms with E-state index in [-0.39, 0.29) is 31.4 Å². The number of carbonyl (C=O) groups excluding carboxylic acids is 2. The molecule has 0 radical (unpaired) electrons. The minimum absolute atomic E-state index is 0.0972. The van der Waals surface area contributed by atoms with Gasteiger partial charge in [0, 0.05) is 5.69 Å². The first-order valence-electron chi connectivity index (χ1n) is 6.08. The van der Waals surface area contributed by atoms with Gasteiger partial charge in [0.15, 0.2) is 13.1 Å². The Morgan fingerprint density at radius 1 is 1.35 bits per heavy atom. The van der Waals surface area contributed by atoms with Gasteiger partial charge in [0.2, 0.25) is 0 Å². The fourth-order valence-corrected chi connectivity index (χ4v) is 1.59. The maximum atomic E-state index is 12.9. The van der Waals surface area contributed by atoms with Crippen LogP contribution in [0.4, 0.5) is 10.1 Å². The van der Waals surface area contributed by atoms with E-state index >= 15 is 0 Å². The molecule has 0 aromatic heterocycles. The average Bonchev–Trinajstić information content (AvgIpc) is 2.35. The molecule has 2 amide bonds. The van der Waals surface area contributed by atoms with Gasteiger partial charge in [-0.15, -0.1) is 6.42 Å². The highest BCUT2D eigenvalue weighted by Crippen LogP contribution is 2.08. The summed E-state index contributed by atoms with van der Waals surface area (Å²) in [5.74, 6) is 1.36. The van der Waals surface area contributed by atoms with Crippen LogP contribution in [0.3, 0.4) is 0 Å². The lowest BCUT2D eigenvalue weighted by Crippen LogP contribution is -3.11. The van der Waals surface area contributed by atoms with Gasteiger partial charge in [0.05, 0.1) is 13.6 Å². The lowest BCUT2D eigenvalue weighted by Gasteiger charge is -2.13. The average molecular weight is 278 g/mol. The molecule has 0 aliphatic rings. The zero-order chi connectivity index (χ0) is 15.0. The van der Waals surface area contributed by atoms with Crippen molar-refractivity contribution in [2.75, 3.05) is 32.0 Å². The van der Waals surface area contributed by atoms with Crippen molar-refractivity contribution in [1.29, 1.82) is 0 Å². The van der Waals surface area contributed by atoms with E-state index in [0.29, 0.717) is 10.6 Å². The van der Waals surface area contributed by atoms with Gasteiger partial charge in [-0.3, -0.25) is 9.59 Å². The molecule has 6 heteroatoms. The Kier molecular flexibility index (Phi) is 6.20. The predicted octanol–water partition coefficient (Wildman–Crippen LogP) is -0.972. The minimum Gasteiger partial charge on any atom is -0.340 e. The van der Waals surface area contributed by atoms with Crippen molar-refractivity contribution in [2.24, 2.45) is 0 Å². The first kappa shape index (κ1) is 15.7. The second-order valence-electron chi connectivity index (χ2n) is 4.35. The van der Waals surface area contributed by atoms with Crippen LogP contribution in [-0.4, -0.2) is 38.5 Å². The number of likely N-dealkylation sites (N-methyl/N-ethyl adjacent to an activating group) is 1. The number of halogens is 1. The highest BCUT2D eigenvalue weighted by Gasteiger charge is 2.13. The highest BCUT2D eigenvalue weighted by atomic mass is 19.1. The summed E-state index contributed by atoms with van der Waals surface area (Å²) in [6.45, 7) is 0.403. The van der Waals surface area contributed by atoms with Gasteiger partial charge in [-0.2, -0.15) is 0 Å². The van der Waals surface area contributed by atoms with Crippen LogP contribution < -0.4 is 15.5 Å². The number of hydrogen-bond acceptors (Lipinski definition) is 2. The SMILES string of the molecule is C#CCNC(=O)C[NH+](C)CC(=O)Nc1cccc(F)c1. The smallest absolute Gasteiger partial charge is 0.279 e. The maximum absolute atomic E-state index is 12.9. The largest absolute Gasteiger partial charge is 0.340 e. The lowest BCUT2D eigenvalue weighted by molar-refractivity contribution is -0.862. The normalized spacial score (nSPS) is 11.2. The molecule has 0 heterocycles. The number of rotatable bonds is 6. The third-order valence-electron chi connectivity index (χ3n) is 2.42. The van der Waals surface area contributed by atoms with E-state index < -0.39 is 5.82 Å². The summed E-state index contributed by atoms with van der Waals surface area (Å²) >= 11 is 0. The van der Waals surface area contributed by atoms with Crippen molar-refractivity contribution in [3.8, 4) is 12.3 Å². The van der Waals surface area contributed by atoms with E-state index in [1.165, 1.54) is 18.2 Å². The molecule has 1 atom stereocenters. The van der Waals surface area contributed by atoms with Crippen LogP contribution in [-0.2, 0) is 9.59 Å². The van der Waals surface area contributed by atoms with E-state index in [1.807, 2.05) is 0 Å². The van der Waals surface area contributed by atoms with E-state index in [2.05, 4.69) is 16.6 Å². The second kappa shape index (κ2) is 7.92. The fraction of sp³-hybridized carbons (Fsp3) is 0.286. The molecule has 0 aliphatic heterocycles. The molecule has 1 aromatic rings. The van der Waals surface area contributed by atoms with Gasteiger partial charge in [0.25, 0.3) is 11.8 Å². The Morgan fingerprint density at radius 3 is 2.70 bits per heavy atom. The molecule has 106 valence electrons. The number of quaternary nitrogens is 1. The fourth-order valence-electron chi connectivity index (χ4n) is 1.59. The molecular weight excluding hydrogens is 261 g/mol. The van der Waals surface area contributed by atoms with E-state index in [1.54, 1.807) is 13.1 Å². The maximum Gasteiger partial charge on any atom is 0.279 e. The second-order valence-corrected chi connectivity index (χ2v) is 4.35. The van der Waals surface area contributed by atoms with Gasteiger partial charge in [0.1, 0.15) is 5.82 Å². The first-order chi connectivity index (χ1) is 9.51. The van der Waals surface area contributed by atoms with E-state index in [0.717, 1.165) is 0 Å². The number of hydrogen-bond donors (Lipinski definition) is 3. The lowest BCUT2D eigenvalue weighted by atomic mass is 10.3. The standard InChI is InChI=1S/C14H16FN3O2/c1-3-7-16-13(19)9-18(2)10-14(20)17-12-6-4-5-11(15)8-12/h1,4-6,8H,7,9-10H2,2H3,(H,16,19)(H,17,20)/p+1. The molecule has 1 unspecified atom stereocenters. The van der Waals surface area contributed by atoms with Crippen LogP contribution in [0.15, 0.2) is 24.3 Å². The van der Waals surface area contributed by atoms with Crippen LogP contribution >= 0.6 is 0 Å². The number of terminal acetylenes is 1. The van der Waals surface area contributed by atoms with Gasteiger partial charge in [-0.1, -0.05) is 12.0 Å². The summed E-state index contributed by atoms with van der Waals surface area (Å²) in [5.41, 5.74) is 0.389. The van der Waals surface area contributed by atoms with E-state index in [4.69, 9.17) is 6.42 Å². The van der Waals surface area contributed by atoms with Crippen molar-refractivity contribution in [3.63, 3.8) is 0 Å². The number of amides is 2. The summed E-state index contributed by atoms with van der Waals surface area (Å²) in [7, 11) is 1.71. The molecular formula is C14H17FN3O2+. The Morgan fingerprint density at radius 2 is 2.05 bits per heavy atom. The Balaban J connectivity index is 2.38. The molecule has 0 aliphatic carbocycles. The molecule has 3 N–H and O–H groups in total. The molecule has 0 saturated heterocycles. The van der Waals surface area contributed by atoms with Crippen molar-refractivity contribution in [1.82, 2.24) is 5.32 Å². The highest BCUT2D eigenvalue weighted by molar-refractivity contribution is 5.91. The summed E-state index contributed by atoms with van der Waals surface area (Å²) < 4.78 is 12.9.